The first-order chi connectivity index (χ1) is 6.43. The summed E-state index contributed by atoms with van der Waals surface area (Å²) in [5.41, 5.74) is 5.15. The Bertz CT molecular complexity index is 183. The molecular formula is C9H20N2O3. The predicted octanol–water partition coefficient (Wildman–Crippen LogP) is -0.499. The molecule has 0 spiro atoms. The SMILES string of the molecule is COCC(N)C(=O)NC(C)(C)COC. The number of amides is 1. The zero-order valence-corrected chi connectivity index (χ0v) is 9.29. The Labute approximate surface area is 84.9 Å². The Morgan fingerprint density at radius 3 is 2.43 bits per heavy atom. The maximum atomic E-state index is 11.5. The first-order valence-electron chi connectivity index (χ1n) is 4.48. The molecule has 14 heavy (non-hydrogen) atoms. The van der Waals surface area contributed by atoms with Gasteiger partial charge in [-0.3, -0.25) is 4.79 Å². The van der Waals surface area contributed by atoms with Gasteiger partial charge in [0.05, 0.1) is 18.8 Å². The number of hydrogen-bond donors (Lipinski definition) is 2. The van der Waals surface area contributed by atoms with Crippen molar-refractivity contribution in [3.05, 3.63) is 0 Å². The van der Waals surface area contributed by atoms with E-state index in [0.29, 0.717) is 6.61 Å². The van der Waals surface area contributed by atoms with Gasteiger partial charge in [0, 0.05) is 14.2 Å². The Hall–Kier alpha value is -0.650. The summed E-state index contributed by atoms with van der Waals surface area (Å²) in [6, 6.07) is -0.629. The van der Waals surface area contributed by atoms with Crippen LogP contribution in [0.5, 0.6) is 0 Å². The highest BCUT2D eigenvalue weighted by Crippen LogP contribution is 2.02. The standard InChI is InChI=1S/C9H20N2O3/c1-9(2,6-14-4)11-8(12)7(10)5-13-3/h7H,5-6,10H2,1-4H3,(H,11,12). The number of nitrogens with one attached hydrogen (secondary N) is 1. The Morgan fingerprint density at radius 1 is 1.43 bits per heavy atom. The van der Waals surface area contributed by atoms with Crippen molar-refractivity contribution in [2.75, 3.05) is 27.4 Å². The molecule has 0 bridgehead atoms. The van der Waals surface area contributed by atoms with Gasteiger partial charge in [-0.05, 0) is 13.8 Å². The van der Waals surface area contributed by atoms with Crippen molar-refractivity contribution in [3.8, 4) is 0 Å². The number of carbonyl (C=O) groups excluding carboxylic acids is 1. The normalized spacial score (nSPS) is 13.8. The number of methoxy groups -OCH3 is 2. The first kappa shape index (κ1) is 13.4. The van der Waals surface area contributed by atoms with E-state index in [9.17, 15) is 4.79 Å². The fraction of sp³-hybridized carbons (Fsp3) is 0.889. The fourth-order valence-corrected chi connectivity index (χ4v) is 1.08. The molecule has 1 amide bonds. The van der Waals surface area contributed by atoms with Crippen LogP contribution in [0.3, 0.4) is 0 Å². The molecule has 0 aromatic heterocycles. The largest absolute Gasteiger partial charge is 0.383 e. The molecule has 84 valence electrons. The lowest BCUT2D eigenvalue weighted by Crippen LogP contribution is -2.53. The summed E-state index contributed by atoms with van der Waals surface area (Å²) in [6.45, 7) is 4.40. The van der Waals surface area contributed by atoms with E-state index in [0.717, 1.165) is 0 Å². The minimum Gasteiger partial charge on any atom is -0.383 e. The van der Waals surface area contributed by atoms with Gasteiger partial charge in [-0.25, -0.2) is 0 Å². The molecule has 0 aliphatic heterocycles. The minimum atomic E-state index is -0.629. The van der Waals surface area contributed by atoms with Gasteiger partial charge in [-0.15, -0.1) is 0 Å². The summed E-state index contributed by atoms with van der Waals surface area (Å²) in [5, 5.41) is 2.77. The number of hydrogen-bond acceptors (Lipinski definition) is 4. The fourth-order valence-electron chi connectivity index (χ4n) is 1.08. The van der Waals surface area contributed by atoms with Crippen LogP contribution in [0.2, 0.25) is 0 Å². The smallest absolute Gasteiger partial charge is 0.239 e. The molecule has 5 heteroatoms. The van der Waals surface area contributed by atoms with Gasteiger partial charge in [0.15, 0.2) is 0 Å². The molecule has 0 fully saturated rings. The van der Waals surface area contributed by atoms with Crippen molar-refractivity contribution in [1.29, 1.82) is 0 Å². The molecule has 0 aromatic rings. The topological polar surface area (TPSA) is 73.6 Å². The summed E-state index contributed by atoms with van der Waals surface area (Å²) < 4.78 is 9.74. The Morgan fingerprint density at radius 2 is 2.00 bits per heavy atom. The van der Waals surface area contributed by atoms with E-state index in [2.05, 4.69) is 5.32 Å². The van der Waals surface area contributed by atoms with Crippen LogP contribution < -0.4 is 11.1 Å². The second-order valence-corrected chi connectivity index (χ2v) is 3.87. The molecular weight excluding hydrogens is 184 g/mol. The van der Waals surface area contributed by atoms with E-state index in [-0.39, 0.29) is 12.5 Å². The van der Waals surface area contributed by atoms with Gasteiger partial charge in [-0.2, -0.15) is 0 Å². The van der Waals surface area contributed by atoms with Crippen LogP contribution in [0.1, 0.15) is 13.8 Å². The highest BCUT2D eigenvalue weighted by Gasteiger charge is 2.23. The quantitative estimate of drug-likeness (QED) is 0.612. The van der Waals surface area contributed by atoms with Crippen molar-refractivity contribution in [2.24, 2.45) is 5.73 Å². The molecule has 0 saturated carbocycles. The van der Waals surface area contributed by atoms with Crippen molar-refractivity contribution in [3.63, 3.8) is 0 Å². The second-order valence-electron chi connectivity index (χ2n) is 3.87. The third-order valence-corrected chi connectivity index (χ3v) is 1.65. The maximum Gasteiger partial charge on any atom is 0.239 e. The molecule has 3 N–H and O–H groups in total. The van der Waals surface area contributed by atoms with E-state index in [1.54, 1.807) is 7.11 Å². The molecule has 0 radical (unpaired) electrons. The van der Waals surface area contributed by atoms with Crippen LogP contribution in [0, 0.1) is 0 Å². The lowest BCUT2D eigenvalue weighted by Gasteiger charge is -2.26. The van der Waals surface area contributed by atoms with Crippen LogP contribution in [0.25, 0.3) is 0 Å². The molecule has 0 aliphatic rings. The van der Waals surface area contributed by atoms with Crippen LogP contribution in [0.15, 0.2) is 0 Å². The van der Waals surface area contributed by atoms with Crippen LogP contribution in [-0.4, -0.2) is 44.9 Å². The maximum absolute atomic E-state index is 11.5. The predicted molar refractivity (Wildman–Crippen MR) is 53.9 cm³/mol. The zero-order valence-electron chi connectivity index (χ0n) is 9.29. The highest BCUT2D eigenvalue weighted by atomic mass is 16.5. The Balaban J connectivity index is 4.03. The van der Waals surface area contributed by atoms with E-state index < -0.39 is 11.6 Å². The average Bonchev–Trinajstić information content (AvgIpc) is 2.03. The third-order valence-electron chi connectivity index (χ3n) is 1.65. The van der Waals surface area contributed by atoms with E-state index in [1.807, 2.05) is 13.8 Å². The van der Waals surface area contributed by atoms with Gasteiger partial charge in [0.25, 0.3) is 0 Å². The molecule has 0 aliphatic carbocycles. The molecule has 0 saturated heterocycles. The molecule has 0 aromatic carbocycles. The zero-order chi connectivity index (χ0) is 11.2. The monoisotopic (exact) mass is 204 g/mol. The number of carbonyl (C=O) groups is 1. The first-order valence-corrected chi connectivity index (χ1v) is 4.48. The average molecular weight is 204 g/mol. The highest BCUT2D eigenvalue weighted by molar-refractivity contribution is 5.82. The molecule has 1 unspecified atom stereocenters. The summed E-state index contributed by atoms with van der Waals surface area (Å²) in [6.07, 6.45) is 0. The molecule has 1 atom stereocenters. The number of ether oxygens (including phenoxy) is 2. The van der Waals surface area contributed by atoms with Gasteiger partial charge >= 0.3 is 0 Å². The molecule has 5 nitrogen and oxygen atoms in total. The van der Waals surface area contributed by atoms with E-state index in [1.165, 1.54) is 7.11 Å². The van der Waals surface area contributed by atoms with Crippen molar-refractivity contribution < 1.29 is 14.3 Å². The van der Waals surface area contributed by atoms with Crippen molar-refractivity contribution >= 4 is 5.91 Å². The molecule has 0 rings (SSSR count). The summed E-state index contributed by atoms with van der Waals surface area (Å²) >= 11 is 0. The Kier molecular flexibility index (Phi) is 5.68. The van der Waals surface area contributed by atoms with Crippen molar-refractivity contribution in [1.82, 2.24) is 5.32 Å². The molecule has 0 heterocycles. The summed E-state index contributed by atoms with van der Waals surface area (Å²) in [5.74, 6) is -0.228. The van der Waals surface area contributed by atoms with Crippen LogP contribution in [0.4, 0.5) is 0 Å². The number of nitrogens with two attached hydrogens (primary N) is 1. The van der Waals surface area contributed by atoms with Gasteiger partial charge < -0.3 is 20.5 Å². The van der Waals surface area contributed by atoms with E-state index >= 15 is 0 Å². The van der Waals surface area contributed by atoms with Crippen LogP contribution in [-0.2, 0) is 14.3 Å². The lowest BCUT2D eigenvalue weighted by atomic mass is 10.1. The van der Waals surface area contributed by atoms with Gasteiger partial charge in [0.2, 0.25) is 5.91 Å². The third kappa shape index (κ3) is 5.16. The summed E-state index contributed by atoms with van der Waals surface area (Å²) in [7, 11) is 3.09. The summed E-state index contributed by atoms with van der Waals surface area (Å²) in [4.78, 5) is 11.5. The van der Waals surface area contributed by atoms with E-state index in [4.69, 9.17) is 15.2 Å². The van der Waals surface area contributed by atoms with Crippen molar-refractivity contribution in [2.45, 2.75) is 25.4 Å². The lowest BCUT2D eigenvalue weighted by molar-refractivity contribution is -0.125. The van der Waals surface area contributed by atoms with Gasteiger partial charge in [0.1, 0.15) is 6.04 Å². The van der Waals surface area contributed by atoms with Crippen LogP contribution >= 0.6 is 0 Å². The second kappa shape index (κ2) is 5.95. The van der Waals surface area contributed by atoms with Gasteiger partial charge in [-0.1, -0.05) is 0 Å². The number of rotatable bonds is 6. The minimum absolute atomic E-state index is 0.217.